The van der Waals surface area contributed by atoms with Crippen LogP contribution in [0.4, 0.5) is 8.78 Å². The summed E-state index contributed by atoms with van der Waals surface area (Å²) in [6.07, 6.45) is 9.83. The number of halogens is 2. The van der Waals surface area contributed by atoms with Crippen molar-refractivity contribution in [3.8, 4) is 17.4 Å². The Morgan fingerprint density at radius 3 is 2.29 bits per heavy atom. The van der Waals surface area contributed by atoms with Crippen LogP contribution in [0.3, 0.4) is 0 Å². The second-order valence-corrected chi connectivity index (χ2v) is 7.43. The number of ether oxygens (including phenoxy) is 1. The molecule has 1 aromatic carbocycles. The van der Waals surface area contributed by atoms with Gasteiger partial charge in [0.1, 0.15) is 0 Å². The summed E-state index contributed by atoms with van der Waals surface area (Å²) in [5, 5.41) is 0. The van der Waals surface area contributed by atoms with Gasteiger partial charge in [0.15, 0.2) is 23.2 Å². The largest absolute Gasteiger partial charge is 0.490 e. The van der Waals surface area contributed by atoms with Gasteiger partial charge in [0.25, 0.3) is 0 Å². The molecule has 0 saturated heterocycles. The maximum absolute atomic E-state index is 14.0. The van der Waals surface area contributed by atoms with Crippen molar-refractivity contribution in [1.29, 1.82) is 0 Å². The highest BCUT2D eigenvalue weighted by Gasteiger charge is 2.41. The Morgan fingerprint density at radius 2 is 1.57 bits per heavy atom. The first-order valence-electron chi connectivity index (χ1n) is 9.40. The van der Waals surface area contributed by atoms with Gasteiger partial charge in [0, 0.05) is 24.8 Å². The molecule has 2 aliphatic carbocycles. The summed E-state index contributed by atoms with van der Waals surface area (Å²) < 4.78 is 33.6. The normalized spacial score (nSPS) is 20.8. The zero-order valence-electron chi connectivity index (χ0n) is 15.1. The van der Waals surface area contributed by atoms with Crippen LogP contribution in [0.2, 0.25) is 0 Å². The zero-order valence-corrected chi connectivity index (χ0v) is 15.1. The molecular weight excluding hydrogens is 362 g/mol. The van der Waals surface area contributed by atoms with E-state index >= 15 is 0 Å². The monoisotopic (exact) mass is 380 g/mol. The minimum Gasteiger partial charge on any atom is -0.490 e. The molecule has 7 heteroatoms. The van der Waals surface area contributed by atoms with E-state index in [-0.39, 0.29) is 17.6 Å². The third-order valence-electron chi connectivity index (χ3n) is 5.27. The van der Waals surface area contributed by atoms with Crippen LogP contribution < -0.4 is 4.74 Å². The highest BCUT2D eigenvalue weighted by Crippen LogP contribution is 2.55. The van der Waals surface area contributed by atoms with Crippen molar-refractivity contribution in [2.24, 2.45) is 5.92 Å². The average Bonchev–Trinajstić information content (AvgIpc) is 3.64. The van der Waals surface area contributed by atoms with Crippen LogP contribution in [0.15, 0.2) is 43.0 Å². The molecule has 2 saturated carbocycles. The summed E-state index contributed by atoms with van der Waals surface area (Å²) in [5.74, 6) is -0.0411. The van der Waals surface area contributed by atoms with Crippen molar-refractivity contribution in [1.82, 2.24) is 19.9 Å². The zero-order chi connectivity index (χ0) is 19.1. The Hall–Kier alpha value is -2.96. The lowest BCUT2D eigenvalue weighted by molar-refractivity contribution is 0.280. The lowest BCUT2D eigenvalue weighted by Gasteiger charge is -2.10. The molecule has 0 aliphatic heterocycles. The minimum absolute atomic E-state index is 0.0142. The van der Waals surface area contributed by atoms with Gasteiger partial charge < -0.3 is 4.74 Å². The van der Waals surface area contributed by atoms with E-state index in [9.17, 15) is 8.78 Å². The molecule has 0 bridgehead atoms. The number of aromatic nitrogens is 4. The standard InChI is InChI=1S/C21H18F2N4O/c22-17-6-13(7-18(19(17)23)28-11-12-2-3-12)15-8-16(15)14-9-26-21(27-10-14)20-24-4-1-5-25-20/h1,4-7,9-10,12,15-16H,2-3,8,11H2. The molecule has 2 heterocycles. The maximum Gasteiger partial charge on any atom is 0.200 e. The molecule has 0 amide bonds. The first-order chi connectivity index (χ1) is 13.7. The molecule has 5 nitrogen and oxygen atoms in total. The van der Waals surface area contributed by atoms with E-state index in [4.69, 9.17) is 4.74 Å². The van der Waals surface area contributed by atoms with E-state index in [2.05, 4.69) is 19.9 Å². The summed E-state index contributed by atoms with van der Waals surface area (Å²) in [6, 6.07) is 4.65. The number of rotatable bonds is 6. The smallest absolute Gasteiger partial charge is 0.200 e. The number of nitrogens with zero attached hydrogens (tertiary/aromatic N) is 4. The van der Waals surface area contributed by atoms with Crippen molar-refractivity contribution in [2.45, 2.75) is 31.1 Å². The average molecular weight is 380 g/mol. The molecule has 0 radical (unpaired) electrons. The Balaban J connectivity index is 1.32. The minimum atomic E-state index is -0.905. The molecule has 5 rings (SSSR count). The van der Waals surface area contributed by atoms with Crippen molar-refractivity contribution in [2.75, 3.05) is 6.61 Å². The molecule has 2 aromatic heterocycles. The van der Waals surface area contributed by atoms with Gasteiger partial charge in [-0.3, -0.25) is 0 Å². The van der Waals surface area contributed by atoms with Gasteiger partial charge in [-0.2, -0.15) is 4.39 Å². The van der Waals surface area contributed by atoms with Crippen LogP contribution in [0.25, 0.3) is 11.6 Å². The second-order valence-electron chi connectivity index (χ2n) is 7.43. The molecular formula is C21H18F2N4O. The van der Waals surface area contributed by atoms with Gasteiger partial charge in [-0.15, -0.1) is 0 Å². The number of benzene rings is 1. The Bertz CT molecular complexity index is 993. The van der Waals surface area contributed by atoms with Crippen LogP contribution in [-0.2, 0) is 0 Å². The van der Waals surface area contributed by atoms with Gasteiger partial charge >= 0.3 is 0 Å². The van der Waals surface area contributed by atoms with Gasteiger partial charge in [0.05, 0.1) is 6.61 Å². The van der Waals surface area contributed by atoms with Crippen molar-refractivity contribution in [3.63, 3.8) is 0 Å². The topological polar surface area (TPSA) is 60.8 Å². The summed E-state index contributed by atoms with van der Waals surface area (Å²) in [4.78, 5) is 17.0. The van der Waals surface area contributed by atoms with E-state index in [1.54, 1.807) is 36.9 Å². The predicted octanol–water partition coefficient (Wildman–Crippen LogP) is 4.27. The van der Waals surface area contributed by atoms with Crippen LogP contribution in [0, 0.1) is 17.6 Å². The summed E-state index contributed by atoms with van der Waals surface area (Å²) in [7, 11) is 0. The molecule has 2 atom stereocenters. The lowest BCUT2D eigenvalue weighted by atomic mass is 10.1. The second kappa shape index (κ2) is 6.89. The SMILES string of the molecule is Fc1cc(C2CC2c2cnc(-c3ncccn3)nc2)cc(OCC2CC2)c1F. The van der Waals surface area contributed by atoms with E-state index < -0.39 is 11.6 Å². The first kappa shape index (κ1) is 17.2. The fourth-order valence-electron chi connectivity index (χ4n) is 3.39. The van der Waals surface area contributed by atoms with Crippen molar-refractivity contribution < 1.29 is 13.5 Å². The van der Waals surface area contributed by atoms with Crippen molar-refractivity contribution >= 4 is 0 Å². The quantitative estimate of drug-likeness (QED) is 0.639. The molecule has 2 aliphatic rings. The van der Waals surface area contributed by atoms with E-state index in [1.165, 1.54) is 6.07 Å². The fraction of sp³-hybridized carbons (Fsp3) is 0.333. The third-order valence-corrected chi connectivity index (χ3v) is 5.27. The molecule has 0 spiro atoms. The molecule has 2 fully saturated rings. The molecule has 2 unspecified atom stereocenters. The van der Waals surface area contributed by atoms with Gasteiger partial charge in [-0.1, -0.05) is 0 Å². The highest BCUT2D eigenvalue weighted by molar-refractivity contribution is 5.44. The van der Waals surface area contributed by atoms with Crippen LogP contribution in [-0.4, -0.2) is 26.5 Å². The van der Waals surface area contributed by atoms with E-state index in [0.717, 1.165) is 30.4 Å². The fourth-order valence-corrected chi connectivity index (χ4v) is 3.39. The predicted molar refractivity (Wildman–Crippen MR) is 97.7 cm³/mol. The van der Waals surface area contributed by atoms with Gasteiger partial charge in [0.2, 0.25) is 5.82 Å². The summed E-state index contributed by atoms with van der Waals surface area (Å²) in [5.41, 5.74) is 1.72. The summed E-state index contributed by atoms with van der Waals surface area (Å²) in [6.45, 7) is 0.449. The van der Waals surface area contributed by atoms with Crippen LogP contribution in [0.5, 0.6) is 5.75 Å². The number of hydrogen-bond acceptors (Lipinski definition) is 5. The van der Waals surface area contributed by atoms with Crippen LogP contribution in [0.1, 0.15) is 42.2 Å². The van der Waals surface area contributed by atoms with E-state index in [1.807, 2.05) is 0 Å². The maximum atomic E-state index is 14.0. The molecule has 3 aromatic rings. The Morgan fingerprint density at radius 1 is 0.893 bits per heavy atom. The van der Waals surface area contributed by atoms with Gasteiger partial charge in [-0.05, 0) is 66.3 Å². The van der Waals surface area contributed by atoms with Crippen LogP contribution >= 0.6 is 0 Å². The first-order valence-corrected chi connectivity index (χ1v) is 9.40. The molecule has 142 valence electrons. The van der Waals surface area contributed by atoms with Crippen molar-refractivity contribution in [3.05, 3.63) is 65.7 Å². The number of hydrogen-bond donors (Lipinski definition) is 0. The highest BCUT2D eigenvalue weighted by atomic mass is 19.2. The molecule has 0 N–H and O–H groups in total. The van der Waals surface area contributed by atoms with E-state index in [0.29, 0.717) is 24.2 Å². The summed E-state index contributed by atoms with van der Waals surface area (Å²) >= 11 is 0. The Labute approximate surface area is 160 Å². The van der Waals surface area contributed by atoms with Gasteiger partial charge in [-0.25, -0.2) is 24.3 Å². The Kier molecular flexibility index (Phi) is 4.22. The third kappa shape index (κ3) is 3.44. The lowest BCUT2D eigenvalue weighted by Crippen LogP contribution is -2.03. The molecule has 28 heavy (non-hydrogen) atoms.